The second-order valence-corrected chi connectivity index (χ2v) is 5.99. The number of nitrogens with one attached hydrogen (secondary N) is 4. The van der Waals surface area contributed by atoms with Gasteiger partial charge in [0.2, 0.25) is 0 Å². The van der Waals surface area contributed by atoms with Crippen LogP contribution in [0.3, 0.4) is 0 Å². The fourth-order valence-corrected chi connectivity index (χ4v) is 2.70. The molecular formula is C16H23ClN4O2. The Labute approximate surface area is 141 Å². The normalized spacial score (nSPS) is 16.9. The van der Waals surface area contributed by atoms with Crippen LogP contribution in [0.4, 0.5) is 10.5 Å². The first-order valence-corrected chi connectivity index (χ1v) is 8.34. The molecule has 23 heavy (non-hydrogen) atoms. The first-order chi connectivity index (χ1) is 11.1. The average molecular weight is 339 g/mol. The van der Waals surface area contributed by atoms with Crippen LogP contribution in [0.15, 0.2) is 18.2 Å². The first kappa shape index (κ1) is 17.6. The SMILES string of the molecule is CCCNC(=O)c1ccc(NC(=O)NC[C@@H]2CCCN2)cc1Cl. The van der Waals surface area contributed by atoms with Gasteiger partial charge in [-0.15, -0.1) is 0 Å². The van der Waals surface area contributed by atoms with Crippen molar-refractivity contribution in [3.63, 3.8) is 0 Å². The molecule has 1 aliphatic heterocycles. The minimum Gasteiger partial charge on any atom is -0.352 e. The molecule has 1 aliphatic rings. The summed E-state index contributed by atoms with van der Waals surface area (Å²) in [5, 5.41) is 11.9. The van der Waals surface area contributed by atoms with Crippen molar-refractivity contribution >= 4 is 29.2 Å². The number of rotatable bonds is 6. The summed E-state index contributed by atoms with van der Waals surface area (Å²) in [7, 11) is 0. The number of anilines is 1. The molecule has 6 nitrogen and oxygen atoms in total. The lowest BCUT2D eigenvalue weighted by Gasteiger charge is -2.13. The van der Waals surface area contributed by atoms with Crippen molar-refractivity contribution in [2.45, 2.75) is 32.2 Å². The molecule has 0 unspecified atom stereocenters. The monoisotopic (exact) mass is 338 g/mol. The molecule has 1 aromatic rings. The molecule has 0 spiro atoms. The van der Waals surface area contributed by atoms with Crippen LogP contribution in [-0.2, 0) is 0 Å². The third-order valence-electron chi connectivity index (χ3n) is 3.68. The Morgan fingerprint density at radius 3 is 2.83 bits per heavy atom. The Morgan fingerprint density at radius 2 is 2.17 bits per heavy atom. The third kappa shape index (κ3) is 5.41. The maximum atomic E-state index is 11.9. The van der Waals surface area contributed by atoms with Crippen LogP contribution in [0, 0.1) is 0 Å². The maximum absolute atomic E-state index is 11.9. The van der Waals surface area contributed by atoms with Gasteiger partial charge in [0.1, 0.15) is 0 Å². The molecule has 0 radical (unpaired) electrons. The summed E-state index contributed by atoms with van der Waals surface area (Å²) in [6, 6.07) is 4.92. The molecule has 4 N–H and O–H groups in total. The van der Waals surface area contributed by atoms with Gasteiger partial charge in [0.05, 0.1) is 10.6 Å². The minimum atomic E-state index is -0.280. The average Bonchev–Trinajstić information content (AvgIpc) is 3.04. The Kier molecular flexibility index (Phi) is 6.67. The highest BCUT2D eigenvalue weighted by molar-refractivity contribution is 6.34. The van der Waals surface area contributed by atoms with Gasteiger partial charge in [-0.25, -0.2) is 4.79 Å². The van der Waals surface area contributed by atoms with Crippen molar-refractivity contribution in [1.82, 2.24) is 16.0 Å². The van der Waals surface area contributed by atoms with Gasteiger partial charge in [0.25, 0.3) is 5.91 Å². The van der Waals surface area contributed by atoms with Gasteiger partial charge in [-0.05, 0) is 44.0 Å². The van der Waals surface area contributed by atoms with Gasteiger partial charge in [0, 0.05) is 24.8 Å². The zero-order chi connectivity index (χ0) is 16.7. The lowest BCUT2D eigenvalue weighted by molar-refractivity contribution is 0.0954. The van der Waals surface area contributed by atoms with Crippen LogP contribution in [0.25, 0.3) is 0 Å². The summed E-state index contributed by atoms with van der Waals surface area (Å²) in [5.74, 6) is -0.208. The lowest BCUT2D eigenvalue weighted by atomic mass is 10.2. The second kappa shape index (κ2) is 8.74. The highest BCUT2D eigenvalue weighted by atomic mass is 35.5. The van der Waals surface area contributed by atoms with Crippen LogP contribution in [0.5, 0.6) is 0 Å². The number of hydrogen-bond acceptors (Lipinski definition) is 3. The van der Waals surface area contributed by atoms with Crippen LogP contribution in [0.2, 0.25) is 5.02 Å². The van der Waals surface area contributed by atoms with Crippen molar-refractivity contribution in [3.8, 4) is 0 Å². The third-order valence-corrected chi connectivity index (χ3v) is 3.99. The van der Waals surface area contributed by atoms with Crippen molar-refractivity contribution in [1.29, 1.82) is 0 Å². The van der Waals surface area contributed by atoms with Gasteiger partial charge in [-0.1, -0.05) is 18.5 Å². The number of benzene rings is 1. The minimum absolute atomic E-state index is 0.208. The predicted octanol–water partition coefficient (Wildman–Crippen LogP) is 2.35. The first-order valence-electron chi connectivity index (χ1n) is 7.96. The van der Waals surface area contributed by atoms with Gasteiger partial charge in [0.15, 0.2) is 0 Å². The Bertz CT molecular complexity index is 559. The number of hydrogen-bond donors (Lipinski definition) is 4. The van der Waals surface area contributed by atoms with Gasteiger partial charge in [-0.3, -0.25) is 4.79 Å². The highest BCUT2D eigenvalue weighted by Crippen LogP contribution is 2.21. The van der Waals surface area contributed by atoms with Crippen molar-refractivity contribution in [2.24, 2.45) is 0 Å². The standard InChI is InChI=1S/C16H23ClN4O2/c1-2-7-19-15(22)13-6-5-11(9-14(13)17)21-16(23)20-10-12-4-3-8-18-12/h5-6,9,12,18H,2-4,7-8,10H2,1H3,(H,19,22)(H2,20,21,23)/t12-/m0/s1. The Balaban J connectivity index is 1.86. The van der Waals surface area contributed by atoms with E-state index in [0.717, 1.165) is 25.8 Å². The van der Waals surface area contributed by atoms with E-state index in [-0.39, 0.29) is 11.9 Å². The molecule has 0 bridgehead atoms. The molecule has 0 aromatic heterocycles. The van der Waals surface area contributed by atoms with E-state index in [1.165, 1.54) is 0 Å². The molecule has 1 atom stereocenters. The summed E-state index contributed by atoms with van der Waals surface area (Å²) < 4.78 is 0. The van der Waals surface area contributed by atoms with Gasteiger partial charge < -0.3 is 21.3 Å². The molecule has 1 saturated heterocycles. The number of halogens is 1. The molecule has 7 heteroatoms. The summed E-state index contributed by atoms with van der Waals surface area (Å²) in [6.45, 7) is 4.18. The van der Waals surface area contributed by atoms with E-state index in [1.54, 1.807) is 18.2 Å². The number of carbonyl (C=O) groups is 2. The molecule has 2 rings (SSSR count). The number of carbonyl (C=O) groups excluding carboxylic acids is 2. The zero-order valence-electron chi connectivity index (χ0n) is 13.2. The van der Waals surface area contributed by atoms with Crippen LogP contribution < -0.4 is 21.3 Å². The Hall–Kier alpha value is -1.79. The molecule has 0 aliphatic carbocycles. The molecule has 1 fully saturated rings. The predicted molar refractivity (Wildman–Crippen MR) is 92.1 cm³/mol. The molecule has 126 valence electrons. The largest absolute Gasteiger partial charge is 0.352 e. The maximum Gasteiger partial charge on any atom is 0.319 e. The van der Waals surface area contributed by atoms with Gasteiger partial charge in [-0.2, -0.15) is 0 Å². The summed E-state index contributed by atoms with van der Waals surface area (Å²) in [4.78, 5) is 23.8. The summed E-state index contributed by atoms with van der Waals surface area (Å²) >= 11 is 6.12. The fourth-order valence-electron chi connectivity index (χ4n) is 2.43. The van der Waals surface area contributed by atoms with E-state index in [0.29, 0.717) is 35.4 Å². The zero-order valence-corrected chi connectivity index (χ0v) is 14.0. The second-order valence-electron chi connectivity index (χ2n) is 5.58. The van der Waals surface area contributed by atoms with E-state index in [1.807, 2.05) is 6.92 Å². The molecule has 0 saturated carbocycles. The summed E-state index contributed by atoms with van der Waals surface area (Å²) in [5.41, 5.74) is 0.958. The van der Waals surface area contributed by atoms with Crippen LogP contribution in [-0.4, -0.2) is 37.6 Å². The lowest BCUT2D eigenvalue weighted by Crippen LogP contribution is -2.39. The van der Waals surface area contributed by atoms with Crippen LogP contribution >= 0.6 is 11.6 Å². The van der Waals surface area contributed by atoms with E-state index in [9.17, 15) is 9.59 Å². The number of urea groups is 1. The van der Waals surface area contributed by atoms with E-state index < -0.39 is 0 Å². The summed E-state index contributed by atoms with van der Waals surface area (Å²) in [6.07, 6.45) is 3.08. The smallest absolute Gasteiger partial charge is 0.319 e. The molecular weight excluding hydrogens is 316 g/mol. The molecule has 1 heterocycles. The van der Waals surface area contributed by atoms with E-state index >= 15 is 0 Å². The van der Waals surface area contributed by atoms with E-state index in [4.69, 9.17) is 11.6 Å². The number of amides is 3. The van der Waals surface area contributed by atoms with Crippen molar-refractivity contribution in [3.05, 3.63) is 28.8 Å². The highest BCUT2D eigenvalue weighted by Gasteiger charge is 2.15. The Morgan fingerprint density at radius 1 is 1.35 bits per heavy atom. The van der Waals surface area contributed by atoms with E-state index in [2.05, 4.69) is 21.3 Å². The van der Waals surface area contributed by atoms with Gasteiger partial charge >= 0.3 is 6.03 Å². The van der Waals surface area contributed by atoms with Crippen molar-refractivity contribution < 1.29 is 9.59 Å². The molecule has 3 amide bonds. The molecule has 1 aromatic carbocycles. The van der Waals surface area contributed by atoms with Crippen molar-refractivity contribution in [2.75, 3.05) is 25.0 Å². The fraction of sp³-hybridized carbons (Fsp3) is 0.500. The quantitative estimate of drug-likeness (QED) is 0.642. The van der Waals surface area contributed by atoms with Crippen LogP contribution in [0.1, 0.15) is 36.5 Å². The topological polar surface area (TPSA) is 82.3 Å².